The van der Waals surface area contributed by atoms with E-state index in [1.807, 2.05) is 24.4 Å². The zero-order valence-electron chi connectivity index (χ0n) is 15.4. The summed E-state index contributed by atoms with van der Waals surface area (Å²) in [5, 5.41) is 4.70. The van der Waals surface area contributed by atoms with Crippen LogP contribution in [0, 0.1) is 0 Å². The van der Waals surface area contributed by atoms with Crippen LogP contribution in [0.15, 0.2) is 58.3 Å². The number of hydrogen-bond donors (Lipinski definition) is 1. The zero-order chi connectivity index (χ0) is 20.1. The van der Waals surface area contributed by atoms with Crippen LogP contribution in [-0.4, -0.2) is 24.3 Å². The highest BCUT2D eigenvalue weighted by Gasteiger charge is 2.17. The third kappa shape index (κ3) is 4.75. The summed E-state index contributed by atoms with van der Waals surface area (Å²) >= 11 is 1.54. The molecule has 0 aliphatic rings. The lowest BCUT2D eigenvalue weighted by atomic mass is 10.1. The molecule has 0 spiro atoms. The van der Waals surface area contributed by atoms with Crippen LogP contribution in [-0.2, 0) is 9.53 Å². The number of Topliss-reactive ketones (excluding diaryl/α,β-unsaturated/α-hetero) is 1. The van der Waals surface area contributed by atoms with Crippen molar-refractivity contribution in [2.45, 2.75) is 19.9 Å². The number of carbonyl (C=O) groups excluding carboxylic acids is 3. The van der Waals surface area contributed by atoms with Crippen molar-refractivity contribution in [2.24, 2.45) is 0 Å². The molecule has 28 heavy (non-hydrogen) atoms. The second-order valence-electron chi connectivity index (χ2n) is 6.18. The quantitative estimate of drug-likeness (QED) is 0.476. The average Bonchev–Trinajstić information content (AvgIpc) is 3.38. The highest BCUT2D eigenvalue weighted by molar-refractivity contribution is 7.10. The van der Waals surface area contributed by atoms with Gasteiger partial charge >= 0.3 is 5.97 Å². The molecule has 2 heterocycles. The topological polar surface area (TPSA) is 85.6 Å². The Morgan fingerprint density at radius 2 is 1.86 bits per heavy atom. The van der Waals surface area contributed by atoms with E-state index in [0.717, 1.165) is 10.4 Å². The van der Waals surface area contributed by atoms with Gasteiger partial charge < -0.3 is 14.5 Å². The minimum atomic E-state index is -0.717. The van der Waals surface area contributed by atoms with Crippen molar-refractivity contribution in [3.63, 3.8) is 0 Å². The van der Waals surface area contributed by atoms with Crippen LogP contribution < -0.4 is 5.32 Å². The SMILES string of the molecule is CC(=O)c1ccc(-c2ccc(C(=O)OCC(=O)N[C@H](C)c3cccs3)o2)cc1. The first-order valence-corrected chi connectivity index (χ1v) is 9.53. The van der Waals surface area contributed by atoms with E-state index >= 15 is 0 Å². The molecule has 6 nitrogen and oxygen atoms in total. The number of furan rings is 1. The Labute approximate surface area is 166 Å². The predicted octanol–water partition coefficient (Wildman–Crippen LogP) is 4.24. The van der Waals surface area contributed by atoms with Gasteiger partial charge in [0.05, 0.1) is 6.04 Å². The van der Waals surface area contributed by atoms with E-state index in [1.165, 1.54) is 13.0 Å². The van der Waals surface area contributed by atoms with Gasteiger partial charge in [-0.1, -0.05) is 30.3 Å². The molecule has 1 aromatic carbocycles. The summed E-state index contributed by atoms with van der Waals surface area (Å²) in [4.78, 5) is 36.4. The first-order valence-electron chi connectivity index (χ1n) is 8.65. The Kier molecular flexibility index (Phi) is 6.06. The minimum Gasteiger partial charge on any atom is -0.450 e. The fraction of sp³-hybridized carbons (Fsp3) is 0.190. The molecule has 0 aliphatic heterocycles. The molecule has 0 unspecified atom stereocenters. The molecule has 3 rings (SSSR count). The Bertz CT molecular complexity index is 973. The van der Waals surface area contributed by atoms with Crippen molar-refractivity contribution in [1.82, 2.24) is 5.32 Å². The van der Waals surface area contributed by atoms with Gasteiger partial charge in [0.2, 0.25) is 5.76 Å². The molecule has 0 saturated heterocycles. The van der Waals surface area contributed by atoms with Crippen LogP contribution in [0.5, 0.6) is 0 Å². The highest BCUT2D eigenvalue weighted by atomic mass is 32.1. The van der Waals surface area contributed by atoms with Gasteiger partial charge in [0.25, 0.3) is 5.91 Å². The Balaban J connectivity index is 1.55. The van der Waals surface area contributed by atoms with E-state index < -0.39 is 12.6 Å². The second kappa shape index (κ2) is 8.67. The molecule has 1 N–H and O–H groups in total. The predicted molar refractivity (Wildman–Crippen MR) is 105 cm³/mol. The summed E-state index contributed by atoms with van der Waals surface area (Å²) in [6.07, 6.45) is 0. The molecule has 0 aliphatic carbocycles. The molecular weight excluding hydrogens is 378 g/mol. The van der Waals surface area contributed by atoms with Crippen LogP contribution in [0.4, 0.5) is 0 Å². The van der Waals surface area contributed by atoms with Crippen molar-refractivity contribution in [2.75, 3.05) is 6.61 Å². The number of esters is 1. The number of ether oxygens (including phenoxy) is 1. The molecule has 1 amide bonds. The van der Waals surface area contributed by atoms with Crippen molar-refractivity contribution in [3.8, 4) is 11.3 Å². The van der Waals surface area contributed by atoms with Crippen LogP contribution in [0.1, 0.15) is 45.7 Å². The van der Waals surface area contributed by atoms with Crippen LogP contribution in [0.3, 0.4) is 0 Å². The average molecular weight is 397 g/mol. The van der Waals surface area contributed by atoms with Gasteiger partial charge in [0, 0.05) is 16.0 Å². The van der Waals surface area contributed by atoms with Gasteiger partial charge in [-0.05, 0) is 37.4 Å². The molecule has 0 saturated carbocycles. The zero-order valence-corrected chi connectivity index (χ0v) is 16.2. The first-order chi connectivity index (χ1) is 13.4. The maximum Gasteiger partial charge on any atom is 0.374 e. The summed E-state index contributed by atoms with van der Waals surface area (Å²) in [6, 6.07) is 13.7. The van der Waals surface area contributed by atoms with Crippen molar-refractivity contribution in [1.29, 1.82) is 0 Å². The maximum absolute atomic E-state index is 12.1. The van der Waals surface area contributed by atoms with Crippen molar-refractivity contribution in [3.05, 3.63) is 70.1 Å². The molecule has 1 atom stereocenters. The molecule has 0 fully saturated rings. The van der Waals surface area contributed by atoms with E-state index in [2.05, 4.69) is 5.32 Å². The molecule has 2 aromatic heterocycles. The van der Waals surface area contributed by atoms with Crippen molar-refractivity contribution >= 4 is 29.0 Å². The standard InChI is InChI=1S/C21H19NO5S/c1-13(19-4-3-11-28-19)22-20(24)12-26-21(25)18-10-9-17(27-18)16-7-5-15(6-8-16)14(2)23/h3-11,13H,12H2,1-2H3,(H,22,24)/t13-/m1/s1. The van der Waals surface area contributed by atoms with Gasteiger partial charge in [-0.25, -0.2) is 4.79 Å². The number of ketones is 1. The van der Waals surface area contributed by atoms with Gasteiger partial charge in [-0.15, -0.1) is 11.3 Å². The first kappa shape index (κ1) is 19.6. The molecule has 144 valence electrons. The molecule has 0 bridgehead atoms. The van der Waals surface area contributed by atoms with Crippen molar-refractivity contribution < 1.29 is 23.5 Å². The fourth-order valence-electron chi connectivity index (χ4n) is 2.57. The Hall–Kier alpha value is -3.19. The smallest absolute Gasteiger partial charge is 0.374 e. The maximum atomic E-state index is 12.1. The van der Waals surface area contributed by atoms with E-state index in [4.69, 9.17) is 9.15 Å². The van der Waals surface area contributed by atoms with E-state index in [0.29, 0.717) is 11.3 Å². The number of thiophene rings is 1. The minimum absolute atomic E-state index is 0.00440. The summed E-state index contributed by atoms with van der Waals surface area (Å²) < 4.78 is 10.5. The van der Waals surface area contributed by atoms with Crippen LogP contribution in [0.25, 0.3) is 11.3 Å². The normalized spacial score (nSPS) is 11.6. The molecule has 0 radical (unpaired) electrons. The Morgan fingerprint density at radius 1 is 1.11 bits per heavy atom. The third-order valence-electron chi connectivity index (χ3n) is 4.06. The molecule has 3 aromatic rings. The summed E-state index contributed by atoms with van der Waals surface area (Å²) in [7, 11) is 0. The number of rotatable bonds is 7. The monoisotopic (exact) mass is 397 g/mol. The van der Waals surface area contributed by atoms with Gasteiger partial charge in [0.15, 0.2) is 12.4 Å². The Morgan fingerprint density at radius 3 is 2.50 bits per heavy atom. The van der Waals surface area contributed by atoms with Gasteiger partial charge in [0.1, 0.15) is 5.76 Å². The molecule has 7 heteroatoms. The number of hydrogen-bond acceptors (Lipinski definition) is 6. The summed E-state index contributed by atoms with van der Waals surface area (Å²) in [6.45, 7) is 2.97. The highest BCUT2D eigenvalue weighted by Crippen LogP contribution is 2.23. The number of nitrogens with one attached hydrogen (secondary N) is 1. The fourth-order valence-corrected chi connectivity index (χ4v) is 3.30. The van der Waals surface area contributed by atoms with Crippen LogP contribution in [0.2, 0.25) is 0 Å². The lowest BCUT2D eigenvalue weighted by Gasteiger charge is -2.11. The summed E-state index contributed by atoms with van der Waals surface area (Å²) in [5.74, 6) is -0.657. The van der Waals surface area contributed by atoms with Gasteiger partial charge in [-0.2, -0.15) is 0 Å². The largest absolute Gasteiger partial charge is 0.450 e. The lowest BCUT2D eigenvalue weighted by Crippen LogP contribution is -2.30. The third-order valence-corrected chi connectivity index (χ3v) is 5.12. The van der Waals surface area contributed by atoms with E-state index in [-0.39, 0.29) is 23.5 Å². The second-order valence-corrected chi connectivity index (χ2v) is 7.16. The van der Waals surface area contributed by atoms with Gasteiger partial charge in [-0.3, -0.25) is 9.59 Å². The number of amides is 1. The summed E-state index contributed by atoms with van der Waals surface area (Å²) in [5.41, 5.74) is 1.32. The molecular formula is C21H19NO5S. The van der Waals surface area contributed by atoms with E-state index in [9.17, 15) is 14.4 Å². The number of carbonyl (C=O) groups is 3. The number of benzene rings is 1. The van der Waals surface area contributed by atoms with Crippen LogP contribution >= 0.6 is 11.3 Å². The van der Waals surface area contributed by atoms with E-state index in [1.54, 1.807) is 41.7 Å². The lowest BCUT2D eigenvalue weighted by molar-refractivity contribution is -0.124.